The number of unbranched alkanes of at least 4 members (excludes halogenated alkanes) is 1. The van der Waals surface area contributed by atoms with Gasteiger partial charge in [-0.25, -0.2) is 0 Å². The van der Waals surface area contributed by atoms with Gasteiger partial charge in [0.2, 0.25) is 0 Å². The van der Waals surface area contributed by atoms with Crippen LogP contribution >= 0.6 is 0 Å². The number of hydrogen-bond donors (Lipinski definition) is 2. The van der Waals surface area contributed by atoms with Crippen LogP contribution in [0.1, 0.15) is 64.5 Å². The van der Waals surface area contributed by atoms with Crippen molar-refractivity contribution in [3.63, 3.8) is 0 Å². The highest BCUT2D eigenvalue weighted by Crippen LogP contribution is 2.32. The number of benzene rings is 2. The molecule has 24 heavy (non-hydrogen) atoms. The number of allylic oxidation sites excluding steroid dienone is 2. The summed E-state index contributed by atoms with van der Waals surface area (Å²) in [6.07, 6.45) is 4.49. The lowest BCUT2D eigenvalue weighted by atomic mass is 9.91. The van der Waals surface area contributed by atoms with Crippen molar-refractivity contribution in [2.24, 2.45) is 0 Å². The van der Waals surface area contributed by atoms with E-state index in [2.05, 4.69) is 27.7 Å². The molecule has 130 valence electrons. The van der Waals surface area contributed by atoms with Crippen LogP contribution in [-0.2, 0) is 0 Å². The molecule has 2 heteroatoms. The van der Waals surface area contributed by atoms with Crippen LogP contribution in [0.15, 0.2) is 48.5 Å². The highest BCUT2D eigenvalue weighted by molar-refractivity contribution is 5.90. The number of rotatable bonds is 5. The lowest BCUT2D eigenvalue weighted by Gasteiger charge is -2.14. The minimum atomic E-state index is 0.284. The molecule has 0 fully saturated rings. The molecule has 2 nitrogen and oxygen atoms in total. The van der Waals surface area contributed by atoms with Crippen molar-refractivity contribution in [1.29, 1.82) is 0 Å². The summed E-state index contributed by atoms with van der Waals surface area (Å²) in [4.78, 5) is 0. The number of phenols is 2. The molecule has 2 N–H and O–H groups in total. The fourth-order valence-electron chi connectivity index (χ4n) is 2.51. The third-order valence-corrected chi connectivity index (χ3v) is 4.00. The number of hydrogen-bond acceptors (Lipinski definition) is 2. The van der Waals surface area contributed by atoms with Crippen molar-refractivity contribution in [2.45, 2.75) is 53.4 Å². The Morgan fingerprint density at radius 3 is 1.08 bits per heavy atom. The molecular weight excluding hydrogens is 296 g/mol. The summed E-state index contributed by atoms with van der Waals surface area (Å²) in [5, 5.41) is 18.8. The largest absolute Gasteiger partial charge is 0.508 e. The van der Waals surface area contributed by atoms with Crippen molar-refractivity contribution >= 4 is 11.1 Å². The molecule has 0 aromatic heterocycles. The van der Waals surface area contributed by atoms with Crippen molar-refractivity contribution in [1.82, 2.24) is 0 Å². The lowest BCUT2D eigenvalue weighted by Crippen LogP contribution is -1.91. The summed E-state index contributed by atoms with van der Waals surface area (Å²) in [5.74, 6) is 0.568. The minimum Gasteiger partial charge on any atom is -0.508 e. The summed E-state index contributed by atoms with van der Waals surface area (Å²) in [7, 11) is 0. The molecule has 0 heterocycles. The third-order valence-electron chi connectivity index (χ3n) is 4.00. The van der Waals surface area contributed by atoms with Crippen LogP contribution in [0, 0.1) is 0 Å². The summed E-state index contributed by atoms with van der Waals surface area (Å²) in [6.45, 7) is 8.64. The first-order valence-electron chi connectivity index (χ1n) is 8.88. The van der Waals surface area contributed by atoms with Crippen LogP contribution in [0.2, 0.25) is 0 Å². The number of aromatic hydroxyl groups is 2. The SMILES string of the molecule is CC/C(=C(/CC)c1ccc(O)cc1)c1ccc(O)cc1.CCCC. The van der Waals surface area contributed by atoms with Gasteiger partial charge in [-0.2, -0.15) is 0 Å². The maximum atomic E-state index is 9.41. The maximum absolute atomic E-state index is 9.41. The Kier molecular flexibility index (Phi) is 8.70. The third kappa shape index (κ3) is 5.77. The summed E-state index contributed by atoms with van der Waals surface area (Å²) < 4.78 is 0. The molecule has 0 spiro atoms. The highest BCUT2D eigenvalue weighted by Gasteiger charge is 2.09. The fourth-order valence-corrected chi connectivity index (χ4v) is 2.51. The molecule has 0 aliphatic heterocycles. The van der Waals surface area contributed by atoms with Crippen molar-refractivity contribution in [3.8, 4) is 11.5 Å². The van der Waals surface area contributed by atoms with Crippen molar-refractivity contribution < 1.29 is 10.2 Å². The smallest absolute Gasteiger partial charge is 0.115 e. The van der Waals surface area contributed by atoms with E-state index in [1.165, 1.54) is 24.0 Å². The van der Waals surface area contributed by atoms with Crippen LogP contribution in [0.5, 0.6) is 11.5 Å². The molecule has 0 bridgehead atoms. The zero-order valence-electron chi connectivity index (χ0n) is 15.3. The first-order chi connectivity index (χ1) is 11.6. The topological polar surface area (TPSA) is 40.5 Å². The van der Waals surface area contributed by atoms with Crippen molar-refractivity contribution in [2.75, 3.05) is 0 Å². The average Bonchev–Trinajstić information content (AvgIpc) is 2.62. The Balaban J connectivity index is 0.000000648. The molecule has 0 radical (unpaired) electrons. The van der Waals surface area contributed by atoms with E-state index in [1.807, 2.05) is 24.3 Å². The van der Waals surface area contributed by atoms with Gasteiger partial charge in [-0.3, -0.25) is 0 Å². The average molecular weight is 326 g/mol. The second-order valence-electron chi connectivity index (χ2n) is 5.76. The molecule has 0 unspecified atom stereocenters. The fraction of sp³-hybridized carbons (Fsp3) is 0.364. The molecule has 2 aromatic carbocycles. The van der Waals surface area contributed by atoms with Gasteiger partial charge >= 0.3 is 0 Å². The van der Waals surface area contributed by atoms with Gasteiger partial charge in [0, 0.05) is 0 Å². The van der Waals surface area contributed by atoms with Gasteiger partial charge < -0.3 is 10.2 Å². The van der Waals surface area contributed by atoms with E-state index in [9.17, 15) is 10.2 Å². The van der Waals surface area contributed by atoms with Gasteiger partial charge in [0.15, 0.2) is 0 Å². The van der Waals surface area contributed by atoms with Crippen LogP contribution in [-0.4, -0.2) is 10.2 Å². The van der Waals surface area contributed by atoms with Crippen LogP contribution in [0.4, 0.5) is 0 Å². The van der Waals surface area contributed by atoms with E-state index < -0.39 is 0 Å². The van der Waals surface area contributed by atoms with E-state index >= 15 is 0 Å². The Morgan fingerprint density at radius 2 is 0.875 bits per heavy atom. The molecule has 0 amide bonds. The molecular formula is C22H30O2. The van der Waals surface area contributed by atoms with Gasteiger partial charge in [0.05, 0.1) is 0 Å². The minimum absolute atomic E-state index is 0.284. The predicted molar refractivity (Wildman–Crippen MR) is 104 cm³/mol. The van der Waals surface area contributed by atoms with Crippen LogP contribution in [0.3, 0.4) is 0 Å². The van der Waals surface area contributed by atoms with E-state index in [0.29, 0.717) is 0 Å². The second-order valence-corrected chi connectivity index (χ2v) is 5.76. The number of phenolic OH excluding ortho intramolecular Hbond substituents is 2. The van der Waals surface area contributed by atoms with Crippen molar-refractivity contribution in [3.05, 3.63) is 59.7 Å². The highest BCUT2D eigenvalue weighted by atomic mass is 16.3. The van der Waals surface area contributed by atoms with Gasteiger partial charge in [-0.1, -0.05) is 64.8 Å². The Morgan fingerprint density at radius 1 is 0.583 bits per heavy atom. The van der Waals surface area contributed by atoms with E-state index in [1.54, 1.807) is 24.3 Å². The Hall–Kier alpha value is -2.22. The van der Waals surface area contributed by atoms with Crippen LogP contribution in [0.25, 0.3) is 11.1 Å². The maximum Gasteiger partial charge on any atom is 0.115 e. The first kappa shape index (κ1) is 19.8. The summed E-state index contributed by atoms with van der Waals surface area (Å²) in [6, 6.07) is 14.7. The normalized spacial score (nSPS) is 11.3. The molecule has 0 aliphatic rings. The Labute approximate surface area is 146 Å². The predicted octanol–water partition coefficient (Wildman–Crippen LogP) is 6.64. The second kappa shape index (κ2) is 10.5. The summed E-state index contributed by atoms with van der Waals surface area (Å²) >= 11 is 0. The van der Waals surface area contributed by atoms with E-state index in [4.69, 9.17) is 0 Å². The molecule has 0 aliphatic carbocycles. The molecule has 2 rings (SSSR count). The van der Waals surface area contributed by atoms with Gasteiger partial charge in [-0.15, -0.1) is 0 Å². The van der Waals surface area contributed by atoms with Gasteiger partial charge in [0.1, 0.15) is 11.5 Å². The Bertz CT molecular complexity index is 565. The zero-order chi connectivity index (χ0) is 17.9. The molecule has 2 aromatic rings. The lowest BCUT2D eigenvalue weighted by molar-refractivity contribution is 0.474. The standard InChI is InChI=1S/C18H20O2.C4H10/c1-3-17(13-5-9-15(19)10-6-13)18(4-2)14-7-11-16(20)12-8-14;1-3-4-2/h5-12,19-20H,3-4H2,1-2H3;3-4H2,1-2H3/b18-17+;. The monoisotopic (exact) mass is 326 g/mol. The van der Waals surface area contributed by atoms with E-state index in [0.717, 1.165) is 24.0 Å². The molecule has 0 saturated carbocycles. The molecule has 0 atom stereocenters. The molecule has 0 saturated heterocycles. The first-order valence-corrected chi connectivity index (χ1v) is 8.88. The van der Waals surface area contributed by atoms with Gasteiger partial charge in [-0.05, 0) is 59.4 Å². The van der Waals surface area contributed by atoms with Crippen LogP contribution < -0.4 is 0 Å². The summed E-state index contributed by atoms with van der Waals surface area (Å²) in [5.41, 5.74) is 4.82. The van der Waals surface area contributed by atoms with E-state index in [-0.39, 0.29) is 11.5 Å². The quantitative estimate of drug-likeness (QED) is 0.605. The van der Waals surface area contributed by atoms with Gasteiger partial charge in [0.25, 0.3) is 0 Å². The zero-order valence-corrected chi connectivity index (χ0v) is 15.3.